The number of hydrogen-bond donors (Lipinski definition) is 0. The van der Waals surface area contributed by atoms with Gasteiger partial charge < -0.3 is 0 Å². The monoisotopic (exact) mass is 708 g/mol. The Balaban J connectivity index is 0.918. The molecule has 0 amide bonds. The zero-order valence-corrected chi connectivity index (χ0v) is 30.3. The molecule has 1 atom stereocenters. The molecule has 0 spiro atoms. The molecule has 9 rings (SSSR count). The molecular weight excluding hydrogens is 673 g/mol. The molecule has 0 saturated heterocycles. The number of nitrogens with zero attached hydrogens (tertiary/aromatic N) is 6. The van der Waals surface area contributed by atoms with Crippen LogP contribution in [0.3, 0.4) is 0 Å². The molecule has 0 fully saturated rings. The molecule has 55 heavy (non-hydrogen) atoms. The quantitative estimate of drug-likeness (QED) is 0.156. The average molecular weight is 709 g/mol. The standard InChI is InChI=1S/C49H36N6/c1-49(48-17-9-16-47(55-48)45-25-23-38(33-53-45)42-13-5-7-31-51-42)28-26-35(27-29-49)40-11-3-2-10-39(40)34-18-20-36(21-19-34)43-14-8-15-46(54-43)44-24-22-37(32-52-44)41-12-4-6-30-50-41/h2-28,30-33H,29H2,1H3. The number of hydrogen-bond acceptors (Lipinski definition) is 6. The summed E-state index contributed by atoms with van der Waals surface area (Å²) in [6, 6.07) is 49.5. The van der Waals surface area contributed by atoms with Crippen LogP contribution in [0.4, 0.5) is 0 Å². The van der Waals surface area contributed by atoms with Gasteiger partial charge >= 0.3 is 0 Å². The number of aromatic nitrogens is 6. The van der Waals surface area contributed by atoms with Gasteiger partial charge in [0.15, 0.2) is 0 Å². The predicted molar refractivity (Wildman–Crippen MR) is 221 cm³/mol. The Bertz CT molecular complexity index is 2650. The van der Waals surface area contributed by atoms with Crippen LogP contribution in [0.1, 0.15) is 24.6 Å². The Morgan fingerprint density at radius 1 is 0.418 bits per heavy atom. The maximum atomic E-state index is 5.10. The Kier molecular flexibility index (Phi) is 8.98. The lowest BCUT2D eigenvalue weighted by Crippen LogP contribution is -2.22. The fourth-order valence-corrected chi connectivity index (χ4v) is 7.02. The minimum Gasteiger partial charge on any atom is -0.256 e. The summed E-state index contributed by atoms with van der Waals surface area (Å²) in [5.41, 5.74) is 14.6. The van der Waals surface area contributed by atoms with Gasteiger partial charge in [-0.1, -0.05) is 97.9 Å². The van der Waals surface area contributed by atoms with Gasteiger partial charge in [0.05, 0.1) is 45.6 Å². The highest BCUT2D eigenvalue weighted by Crippen LogP contribution is 2.39. The van der Waals surface area contributed by atoms with Crippen LogP contribution in [0.5, 0.6) is 0 Å². The van der Waals surface area contributed by atoms with Gasteiger partial charge in [0.2, 0.25) is 0 Å². The van der Waals surface area contributed by atoms with Crippen LogP contribution < -0.4 is 0 Å². The van der Waals surface area contributed by atoms with Crippen LogP contribution in [0.25, 0.3) is 73.2 Å². The van der Waals surface area contributed by atoms with Crippen LogP contribution in [0, 0.1) is 0 Å². The molecule has 0 radical (unpaired) electrons. The molecule has 0 saturated carbocycles. The molecule has 6 heterocycles. The first-order valence-corrected chi connectivity index (χ1v) is 18.4. The number of allylic oxidation sites excluding steroid dienone is 4. The van der Waals surface area contributed by atoms with E-state index in [1.807, 2.05) is 91.3 Å². The Labute approximate surface area is 320 Å². The molecule has 2 aromatic carbocycles. The van der Waals surface area contributed by atoms with Gasteiger partial charge in [0, 0.05) is 46.9 Å². The van der Waals surface area contributed by atoms with Crippen molar-refractivity contribution in [3.63, 3.8) is 0 Å². The van der Waals surface area contributed by atoms with E-state index in [2.05, 4.69) is 102 Å². The Morgan fingerprint density at radius 2 is 0.964 bits per heavy atom. The molecular formula is C49H36N6. The van der Waals surface area contributed by atoms with Gasteiger partial charge in [0.1, 0.15) is 0 Å². The lowest BCUT2D eigenvalue weighted by atomic mass is 9.77. The fraction of sp³-hybridized carbons (Fsp3) is 0.0612. The van der Waals surface area contributed by atoms with Gasteiger partial charge in [-0.3, -0.25) is 24.9 Å². The van der Waals surface area contributed by atoms with Crippen LogP contribution >= 0.6 is 0 Å². The molecule has 262 valence electrons. The fourth-order valence-electron chi connectivity index (χ4n) is 7.02. The summed E-state index contributed by atoms with van der Waals surface area (Å²) in [6.07, 6.45) is 15.0. The van der Waals surface area contributed by atoms with Gasteiger partial charge in [0.25, 0.3) is 0 Å². The topological polar surface area (TPSA) is 77.3 Å². The minimum atomic E-state index is -0.248. The number of rotatable bonds is 8. The third kappa shape index (κ3) is 7.01. The lowest BCUT2D eigenvalue weighted by molar-refractivity contribution is 0.581. The zero-order valence-electron chi connectivity index (χ0n) is 30.3. The second-order valence-electron chi connectivity index (χ2n) is 13.8. The van der Waals surface area contributed by atoms with E-state index in [9.17, 15) is 0 Å². The maximum absolute atomic E-state index is 5.10. The average Bonchev–Trinajstić information content (AvgIpc) is 3.27. The highest BCUT2D eigenvalue weighted by molar-refractivity contribution is 5.87. The van der Waals surface area contributed by atoms with Gasteiger partial charge in [-0.25, -0.2) is 4.98 Å². The summed E-state index contributed by atoms with van der Waals surface area (Å²) in [5, 5.41) is 0. The van der Waals surface area contributed by atoms with Gasteiger partial charge in [-0.15, -0.1) is 0 Å². The summed E-state index contributed by atoms with van der Waals surface area (Å²) in [4.78, 5) is 28.4. The lowest BCUT2D eigenvalue weighted by Gasteiger charge is -2.28. The van der Waals surface area contributed by atoms with Gasteiger partial charge in [-0.05, 0) is 101 Å². The van der Waals surface area contributed by atoms with Gasteiger partial charge in [-0.2, -0.15) is 0 Å². The zero-order chi connectivity index (χ0) is 37.0. The largest absolute Gasteiger partial charge is 0.256 e. The van der Waals surface area contributed by atoms with Crippen molar-refractivity contribution in [2.45, 2.75) is 18.8 Å². The van der Waals surface area contributed by atoms with Crippen molar-refractivity contribution in [2.75, 3.05) is 0 Å². The highest BCUT2D eigenvalue weighted by Gasteiger charge is 2.27. The second-order valence-corrected chi connectivity index (χ2v) is 13.8. The summed E-state index contributed by atoms with van der Waals surface area (Å²) in [7, 11) is 0. The minimum absolute atomic E-state index is 0.248. The van der Waals surface area contributed by atoms with E-state index in [-0.39, 0.29) is 5.41 Å². The Morgan fingerprint density at radius 3 is 1.55 bits per heavy atom. The van der Waals surface area contributed by atoms with E-state index in [0.29, 0.717) is 0 Å². The van der Waals surface area contributed by atoms with Crippen LogP contribution in [-0.2, 0) is 5.41 Å². The van der Waals surface area contributed by atoms with Crippen molar-refractivity contribution in [3.05, 3.63) is 200 Å². The van der Waals surface area contributed by atoms with Crippen LogP contribution in [0.15, 0.2) is 189 Å². The normalized spacial score (nSPS) is 15.0. The molecule has 6 aromatic heterocycles. The molecule has 8 aromatic rings. The molecule has 1 unspecified atom stereocenters. The predicted octanol–water partition coefficient (Wildman–Crippen LogP) is 11.4. The van der Waals surface area contributed by atoms with Crippen molar-refractivity contribution in [1.82, 2.24) is 29.9 Å². The first-order chi connectivity index (χ1) is 27.1. The third-order valence-electron chi connectivity index (χ3n) is 10.2. The van der Waals surface area contributed by atoms with E-state index >= 15 is 0 Å². The smallest absolute Gasteiger partial charge is 0.0893 e. The van der Waals surface area contributed by atoms with Crippen molar-refractivity contribution in [3.8, 4) is 67.7 Å². The SMILES string of the molecule is CC1(c2cccc(-c3ccc(-c4ccccn4)cn3)n2)C=CC(c2ccccc2-c2ccc(-c3cccc(-c4ccc(-c5ccccn5)cn4)n3)cc2)=CC1. The highest BCUT2D eigenvalue weighted by atomic mass is 14.8. The molecule has 6 heteroatoms. The summed E-state index contributed by atoms with van der Waals surface area (Å²) in [5.74, 6) is 0. The number of benzene rings is 2. The maximum Gasteiger partial charge on any atom is 0.0893 e. The van der Waals surface area contributed by atoms with E-state index < -0.39 is 0 Å². The van der Waals surface area contributed by atoms with Crippen molar-refractivity contribution in [2.24, 2.45) is 0 Å². The van der Waals surface area contributed by atoms with E-state index in [0.717, 1.165) is 74.2 Å². The molecule has 6 nitrogen and oxygen atoms in total. The molecule has 0 bridgehead atoms. The first-order valence-electron chi connectivity index (χ1n) is 18.4. The second kappa shape index (κ2) is 14.7. The number of pyridine rings is 6. The summed E-state index contributed by atoms with van der Waals surface area (Å²) in [6.45, 7) is 2.25. The van der Waals surface area contributed by atoms with Crippen LogP contribution in [-0.4, -0.2) is 29.9 Å². The third-order valence-corrected chi connectivity index (χ3v) is 10.2. The van der Waals surface area contributed by atoms with E-state index in [1.165, 1.54) is 16.7 Å². The molecule has 0 aliphatic heterocycles. The summed E-state index contributed by atoms with van der Waals surface area (Å²) >= 11 is 0. The van der Waals surface area contributed by atoms with E-state index in [1.54, 1.807) is 12.4 Å². The Hall–Kier alpha value is -7.18. The summed E-state index contributed by atoms with van der Waals surface area (Å²) < 4.78 is 0. The van der Waals surface area contributed by atoms with Crippen molar-refractivity contribution in [1.29, 1.82) is 0 Å². The molecule has 1 aliphatic rings. The molecule has 0 N–H and O–H groups in total. The van der Waals surface area contributed by atoms with Crippen molar-refractivity contribution < 1.29 is 0 Å². The van der Waals surface area contributed by atoms with E-state index in [4.69, 9.17) is 19.9 Å². The molecule has 1 aliphatic carbocycles. The van der Waals surface area contributed by atoms with Crippen molar-refractivity contribution >= 4 is 5.57 Å². The van der Waals surface area contributed by atoms with Crippen LogP contribution in [0.2, 0.25) is 0 Å². The first kappa shape index (κ1) is 33.6.